The second-order valence-electron chi connectivity index (χ2n) is 3.78. The molecule has 3 nitrogen and oxygen atoms in total. The van der Waals surface area contributed by atoms with E-state index in [9.17, 15) is 0 Å². The number of benzene rings is 2. The smallest absolute Gasteiger partial charge is 0.128 e. The Morgan fingerprint density at radius 1 is 1.00 bits per heavy atom. The summed E-state index contributed by atoms with van der Waals surface area (Å²) in [6.07, 6.45) is 0. The Bertz CT molecular complexity index is 526. The van der Waals surface area contributed by atoms with E-state index in [4.69, 9.17) is 15.2 Å². The third-order valence-electron chi connectivity index (χ3n) is 2.46. The van der Waals surface area contributed by atoms with E-state index in [1.54, 1.807) is 7.11 Å². The fourth-order valence-electron chi connectivity index (χ4n) is 1.58. The number of rotatable bonds is 4. The van der Waals surface area contributed by atoms with Crippen molar-refractivity contribution in [2.24, 2.45) is 5.73 Å². The number of halogens is 1. The lowest BCUT2D eigenvalue weighted by molar-refractivity contribution is 0.413. The van der Waals surface area contributed by atoms with Gasteiger partial charge in [-0.15, -0.1) is 0 Å². The third-order valence-corrected chi connectivity index (χ3v) is 2.92. The Morgan fingerprint density at radius 3 is 2.28 bits per heavy atom. The summed E-state index contributed by atoms with van der Waals surface area (Å²) in [5.74, 6) is 2.33. The molecule has 0 fully saturated rings. The van der Waals surface area contributed by atoms with Crippen LogP contribution in [0.4, 0.5) is 0 Å². The van der Waals surface area contributed by atoms with Crippen LogP contribution < -0.4 is 15.2 Å². The first kappa shape index (κ1) is 12.9. The van der Waals surface area contributed by atoms with Crippen LogP contribution in [0.15, 0.2) is 46.9 Å². The molecule has 0 aliphatic heterocycles. The Hall–Kier alpha value is -1.52. The molecule has 0 radical (unpaired) electrons. The minimum atomic E-state index is 0.485. The summed E-state index contributed by atoms with van der Waals surface area (Å²) in [6.45, 7) is 0.485. The van der Waals surface area contributed by atoms with Gasteiger partial charge in [-0.1, -0.05) is 15.9 Å². The van der Waals surface area contributed by atoms with Crippen molar-refractivity contribution in [3.8, 4) is 17.2 Å². The molecule has 2 aromatic carbocycles. The average molecular weight is 308 g/mol. The molecular weight excluding hydrogens is 294 g/mol. The van der Waals surface area contributed by atoms with Crippen LogP contribution in [0.3, 0.4) is 0 Å². The molecule has 0 bridgehead atoms. The first-order valence-corrected chi connectivity index (χ1v) is 6.32. The van der Waals surface area contributed by atoms with E-state index in [1.165, 1.54) is 0 Å². The van der Waals surface area contributed by atoms with E-state index < -0.39 is 0 Å². The summed E-state index contributed by atoms with van der Waals surface area (Å²) in [7, 11) is 1.64. The molecule has 0 heterocycles. The number of nitrogens with two attached hydrogens (primary N) is 1. The fraction of sp³-hybridized carbons (Fsp3) is 0.143. The third kappa shape index (κ3) is 3.24. The summed E-state index contributed by atoms with van der Waals surface area (Å²) in [5, 5.41) is 0. The Labute approximate surface area is 115 Å². The zero-order valence-electron chi connectivity index (χ0n) is 10.0. The van der Waals surface area contributed by atoms with Gasteiger partial charge >= 0.3 is 0 Å². The van der Waals surface area contributed by atoms with E-state index in [2.05, 4.69) is 15.9 Å². The van der Waals surface area contributed by atoms with Crippen LogP contribution in [0.5, 0.6) is 17.2 Å². The lowest BCUT2D eigenvalue weighted by Gasteiger charge is -2.08. The van der Waals surface area contributed by atoms with Crippen molar-refractivity contribution in [1.82, 2.24) is 0 Å². The van der Waals surface area contributed by atoms with Gasteiger partial charge in [0.15, 0.2) is 0 Å². The summed E-state index contributed by atoms with van der Waals surface area (Å²) in [5.41, 5.74) is 6.65. The van der Waals surface area contributed by atoms with Crippen molar-refractivity contribution in [3.63, 3.8) is 0 Å². The Kier molecular flexibility index (Phi) is 4.23. The fourth-order valence-corrected chi connectivity index (χ4v) is 2.10. The van der Waals surface area contributed by atoms with Crippen LogP contribution in [-0.2, 0) is 6.54 Å². The number of methoxy groups -OCH3 is 1. The van der Waals surface area contributed by atoms with Crippen molar-refractivity contribution in [1.29, 1.82) is 0 Å². The molecule has 0 atom stereocenters. The molecule has 2 rings (SSSR count). The van der Waals surface area contributed by atoms with E-state index in [0.717, 1.165) is 27.3 Å². The van der Waals surface area contributed by atoms with Gasteiger partial charge in [0.05, 0.1) is 7.11 Å². The van der Waals surface area contributed by atoms with Gasteiger partial charge in [0.1, 0.15) is 17.2 Å². The molecule has 0 aromatic heterocycles. The molecule has 4 heteroatoms. The van der Waals surface area contributed by atoms with Crippen LogP contribution in [0, 0.1) is 0 Å². The SMILES string of the molecule is COc1ccc(Oc2cc(Br)cc(CN)c2)cc1. The first-order valence-electron chi connectivity index (χ1n) is 5.52. The van der Waals surface area contributed by atoms with Crippen molar-refractivity contribution in [3.05, 3.63) is 52.5 Å². The molecule has 0 unspecified atom stereocenters. The summed E-state index contributed by atoms with van der Waals surface area (Å²) in [4.78, 5) is 0. The number of hydrogen-bond acceptors (Lipinski definition) is 3. The summed E-state index contributed by atoms with van der Waals surface area (Å²) >= 11 is 3.43. The highest BCUT2D eigenvalue weighted by molar-refractivity contribution is 9.10. The minimum Gasteiger partial charge on any atom is -0.497 e. The van der Waals surface area contributed by atoms with Gasteiger partial charge in [0.25, 0.3) is 0 Å². The van der Waals surface area contributed by atoms with Crippen molar-refractivity contribution < 1.29 is 9.47 Å². The highest BCUT2D eigenvalue weighted by Gasteiger charge is 2.01. The second kappa shape index (κ2) is 5.89. The predicted molar refractivity (Wildman–Crippen MR) is 75.1 cm³/mol. The second-order valence-corrected chi connectivity index (χ2v) is 4.69. The lowest BCUT2D eigenvalue weighted by atomic mass is 10.2. The van der Waals surface area contributed by atoms with Crippen LogP contribution in [0.1, 0.15) is 5.56 Å². The molecule has 0 amide bonds. The number of hydrogen-bond donors (Lipinski definition) is 1. The topological polar surface area (TPSA) is 44.5 Å². The van der Waals surface area contributed by atoms with Crippen molar-refractivity contribution >= 4 is 15.9 Å². The molecule has 0 spiro atoms. The van der Waals surface area contributed by atoms with Crippen LogP contribution >= 0.6 is 15.9 Å². The molecule has 0 saturated heterocycles. The van der Waals surface area contributed by atoms with Crippen LogP contribution in [0.25, 0.3) is 0 Å². The predicted octanol–water partition coefficient (Wildman–Crippen LogP) is 3.71. The highest BCUT2D eigenvalue weighted by Crippen LogP contribution is 2.27. The quantitative estimate of drug-likeness (QED) is 0.936. The van der Waals surface area contributed by atoms with Gasteiger partial charge in [0, 0.05) is 11.0 Å². The molecule has 0 saturated carbocycles. The molecule has 2 aromatic rings. The monoisotopic (exact) mass is 307 g/mol. The van der Waals surface area contributed by atoms with Gasteiger partial charge in [-0.05, 0) is 48.0 Å². The lowest BCUT2D eigenvalue weighted by Crippen LogP contribution is -1.96. The van der Waals surface area contributed by atoms with Crippen LogP contribution in [0.2, 0.25) is 0 Å². The molecule has 18 heavy (non-hydrogen) atoms. The van der Waals surface area contributed by atoms with Gasteiger partial charge in [-0.3, -0.25) is 0 Å². The minimum absolute atomic E-state index is 0.485. The molecule has 94 valence electrons. The maximum Gasteiger partial charge on any atom is 0.128 e. The summed E-state index contributed by atoms with van der Waals surface area (Å²) in [6, 6.07) is 13.2. The highest BCUT2D eigenvalue weighted by atomic mass is 79.9. The first-order chi connectivity index (χ1) is 8.71. The van der Waals surface area contributed by atoms with Gasteiger partial charge in [0.2, 0.25) is 0 Å². The maximum atomic E-state index is 5.76. The molecule has 0 aliphatic rings. The largest absolute Gasteiger partial charge is 0.497 e. The summed E-state index contributed by atoms with van der Waals surface area (Å²) < 4.78 is 11.8. The zero-order valence-corrected chi connectivity index (χ0v) is 11.6. The average Bonchev–Trinajstić information content (AvgIpc) is 2.39. The van der Waals surface area contributed by atoms with Crippen LogP contribution in [-0.4, -0.2) is 7.11 Å². The molecule has 0 aliphatic carbocycles. The Morgan fingerprint density at radius 2 is 1.67 bits per heavy atom. The van der Waals surface area contributed by atoms with E-state index in [-0.39, 0.29) is 0 Å². The molecular formula is C14H14BrNO2. The number of ether oxygens (including phenoxy) is 2. The van der Waals surface area contributed by atoms with E-state index >= 15 is 0 Å². The van der Waals surface area contributed by atoms with E-state index in [1.807, 2.05) is 42.5 Å². The molecule has 2 N–H and O–H groups in total. The van der Waals surface area contributed by atoms with Gasteiger partial charge in [-0.2, -0.15) is 0 Å². The standard InChI is InChI=1S/C14H14BrNO2/c1-17-12-2-4-13(5-3-12)18-14-7-10(9-16)6-11(15)8-14/h2-8H,9,16H2,1H3. The van der Waals surface area contributed by atoms with Crippen molar-refractivity contribution in [2.75, 3.05) is 7.11 Å². The maximum absolute atomic E-state index is 5.76. The zero-order chi connectivity index (χ0) is 13.0. The van der Waals surface area contributed by atoms with Crippen molar-refractivity contribution in [2.45, 2.75) is 6.54 Å². The van der Waals surface area contributed by atoms with Gasteiger partial charge < -0.3 is 15.2 Å². The van der Waals surface area contributed by atoms with Gasteiger partial charge in [-0.25, -0.2) is 0 Å². The van der Waals surface area contributed by atoms with E-state index in [0.29, 0.717) is 6.54 Å². The Balaban J connectivity index is 2.19. The normalized spacial score (nSPS) is 10.2.